The largest absolute Gasteiger partial charge is 0.368 e. The summed E-state index contributed by atoms with van der Waals surface area (Å²) >= 11 is 0. The summed E-state index contributed by atoms with van der Waals surface area (Å²) in [6, 6.07) is 1.55. The van der Waals surface area contributed by atoms with Crippen LogP contribution >= 0.6 is 0 Å². The Morgan fingerprint density at radius 2 is 2.00 bits per heavy atom. The molecule has 1 fully saturated rings. The Morgan fingerprint density at radius 3 is 2.60 bits per heavy atom. The van der Waals surface area contributed by atoms with Gasteiger partial charge in [-0.05, 0) is 6.54 Å². The van der Waals surface area contributed by atoms with Gasteiger partial charge >= 0.3 is 0 Å². The van der Waals surface area contributed by atoms with E-state index in [1.807, 2.05) is 0 Å². The van der Waals surface area contributed by atoms with Crippen LogP contribution in [0.25, 0.3) is 0 Å². The minimum Gasteiger partial charge on any atom is -0.368 e. The fourth-order valence-corrected chi connectivity index (χ4v) is 1.90. The molecule has 0 N–H and O–H groups in total. The van der Waals surface area contributed by atoms with Crippen molar-refractivity contribution in [1.82, 2.24) is 9.88 Å². The Labute approximate surface area is 89.5 Å². The van der Waals surface area contributed by atoms with E-state index in [1.165, 1.54) is 6.20 Å². The van der Waals surface area contributed by atoms with Crippen molar-refractivity contribution in [3.8, 4) is 0 Å². The quantitative estimate of drug-likeness (QED) is 0.733. The van der Waals surface area contributed by atoms with Crippen molar-refractivity contribution < 1.29 is 4.39 Å². The van der Waals surface area contributed by atoms with E-state index in [2.05, 4.69) is 21.7 Å². The average molecular weight is 209 g/mol. The maximum Gasteiger partial charge on any atom is 0.143 e. The van der Waals surface area contributed by atoms with Crippen LogP contribution in [-0.4, -0.2) is 42.6 Å². The summed E-state index contributed by atoms with van der Waals surface area (Å²) in [5.41, 5.74) is 0.894. The highest BCUT2D eigenvalue weighted by molar-refractivity contribution is 5.44. The molecule has 15 heavy (non-hydrogen) atoms. The number of hydrogen-bond acceptors (Lipinski definition) is 3. The van der Waals surface area contributed by atoms with Gasteiger partial charge in [0.2, 0.25) is 0 Å². The predicted octanol–water partition coefficient (Wildman–Crippen LogP) is 1.36. The minimum atomic E-state index is -0.259. The number of hydrogen-bond donors (Lipinski definition) is 0. The second kappa shape index (κ2) is 4.57. The number of piperazine rings is 1. The van der Waals surface area contributed by atoms with Crippen molar-refractivity contribution >= 4 is 5.69 Å². The number of rotatable bonds is 2. The maximum absolute atomic E-state index is 13.0. The molecular weight excluding hydrogens is 193 g/mol. The standard InChI is InChI=1S/C11H16FN3/c1-2-14-3-5-15(6-4-14)11-7-10(12)8-13-9-11/h7-9H,2-6H2,1H3. The van der Waals surface area contributed by atoms with Gasteiger partial charge in [0.05, 0.1) is 18.1 Å². The van der Waals surface area contributed by atoms with Crippen molar-refractivity contribution in [1.29, 1.82) is 0 Å². The van der Waals surface area contributed by atoms with Crippen molar-refractivity contribution in [2.45, 2.75) is 6.92 Å². The molecular formula is C11H16FN3. The molecule has 0 aromatic carbocycles. The molecule has 0 radical (unpaired) electrons. The average Bonchev–Trinajstić information content (AvgIpc) is 2.29. The van der Waals surface area contributed by atoms with E-state index in [0.717, 1.165) is 38.4 Å². The van der Waals surface area contributed by atoms with Crippen LogP contribution in [0.5, 0.6) is 0 Å². The van der Waals surface area contributed by atoms with Gasteiger partial charge in [-0.15, -0.1) is 0 Å². The second-order valence-corrected chi connectivity index (χ2v) is 3.78. The van der Waals surface area contributed by atoms with Gasteiger partial charge in [0.25, 0.3) is 0 Å². The van der Waals surface area contributed by atoms with Crippen molar-refractivity contribution in [3.63, 3.8) is 0 Å². The van der Waals surface area contributed by atoms with E-state index < -0.39 is 0 Å². The van der Waals surface area contributed by atoms with Gasteiger partial charge in [0.15, 0.2) is 0 Å². The normalized spacial score (nSPS) is 18.1. The third-order valence-corrected chi connectivity index (χ3v) is 2.88. The van der Waals surface area contributed by atoms with Crippen LogP contribution in [0, 0.1) is 5.82 Å². The van der Waals surface area contributed by atoms with Gasteiger partial charge in [-0.2, -0.15) is 0 Å². The number of anilines is 1. The molecule has 1 aromatic rings. The Balaban J connectivity index is 2.01. The lowest BCUT2D eigenvalue weighted by atomic mass is 10.3. The second-order valence-electron chi connectivity index (χ2n) is 3.78. The molecule has 0 amide bonds. The molecule has 0 atom stereocenters. The van der Waals surface area contributed by atoms with E-state index in [1.54, 1.807) is 12.3 Å². The summed E-state index contributed by atoms with van der Waals surface area (Å²) in [4.78, 5) is 8.44. The Hall–Kier alpha value is -1.16. The van der Waals surface area contributed by atoms with E-state index >= 15 is 0 Å². The lowest BCUT2D eigenvalue weighted by molar-refractivity contribution is 0.271. The number of pyridine rings is 1. The zero-order valence-electron chi connectivity index (χ0n) is 8.99. The third kappa shape index (κ3) is 2.45. The van der Waals surface area contributed by atoms with Gasteiger partial charge in [0, 0.05) is 32.2 Å². The molecule has 4 heteroatoms. The number of likely N-dealkylation sites (N-methyl/N-ethyl adjacent to an activating group) is 1. The van der Waals surface area contributed by atoms with Crippen LogP contribution in [0.15, 0.2) is 18.5 Å². The molecule has 1 aliphatic rings. The Bertz CT molecular complexity index is 321. The molecule has 1 aliphatic heterocycles. The Kier molecular flexibility index (Phi) is 3.16. The molecule has 0 aliphatic carbocycles. The van der Waals surface area contributed by atoms with Crippen LogP contribution in [0.4, 0.5) is 10.1 Å². The first-order valence-electron chi connectivity index (χ1n) is 5.37. The van der Waals surface area contributed by atoms with Crippen LogP contribution in [-0.2, 0) is 0 Å². The highest BCUT2D eigenvalue weighted by Crippen LogP contribution is 2.15. The van der Waals surface area contributed by atoms with Crippen LogP contribution in [0.2, 0.25) is 0 Å². The number of halogens is 1. The van der Waals surface area contributed by atoms with Crippen LogP contribution < -0.4 is 4.90 Å². The van der Waals surface area contributed by atoms with E-state index in [4.69, 9.17) is 0 Å². The smallest absolute Gasteiger partial charge is 0.143 e. The number of nitrogens with zero attached hydrogens (tertiary/aromatic N) is 3. The molecule has 82 valence electrons. The summed E-state index contributed by atoms with van der Waals surface area (Å²) in [7, 11) is 0. The van der Waals surface area contributed by atoms with E-state index in [-0.39, 0.29) is 5.82 Å². The fourth-order valence-electron chi connectivity index (χ4n) is 1.90. The predicted molar refractivity (Wildman–Crippen MR) is 58.5 cm³/mol. The lowest BCUT2D eigenvalue weighted by Gasteiger charge is -2.35. The molecule has 0 unspecified atom stereocenters. The lowest BCUT2D eigenvalue weighted by Crippen LogP contribution is -2.46. The zero-order chi connectivity index (χ0) is 10.7. The molecule has 0 spiro atoms. The van der Waals surface area contributed by atoms with Gasteiger partial charge in [-0.3, -0.25) is 4.98 Å². The molecule has 0 bridgehead atoms. The summed E-state index contributed by atoms with van der Waals surface area (Å²) < 4.78 is 13.0. The van der Waals surface area contributed by atoms with Crippen molar-refractivity contribution in [3.05, 3.63) is 24.3 Å². The minimum absolute atomic E-state index is 0.259. The van der Waals surface area contributed by atoms with Crippen LogP contribution in [0.3, 0.4) is 0 Å². The number of aromatic nitrogens is 1. The SMILES string of the molecule is CCN1CCN(c2cncc(F)c2)CC1. The summed E-state index contributed by atoms with van der Waals surface area (Å²) in [6.07, 6.45) is 2.97. The van der Waals surface area contributed by atoms with Gasteiger partial charge in [0.1, 0.15) is 5.82 Å². The topological polar surface area (TPSA) is 19.4 Å². The molecule has 0 saturated carbocycles. The first kappa shape index (κ1) is 10.4. The van der Waals surface area contributed by atoms with E-state index in [9.17, 15) is 4.39 Å². The zero-order valence-corrected chi connectivity index (χ0v) is 8.99. The van der Waals surface area contributed by atoms with Gasteiger partial charge in [-0.1, -0.05) is 6.92 Å². The summed E-state index contributed by atoms with van der Waals surface area (Å²) in [5.74, 6) is -0.259. The summed E-state index contributed by atoms with van der Waals surface area (Å²) in [6.45, 7) is 7.27. The first-order valence-corrected chi connectivity index (χ1v) is 5.37. The molecule has 3 nitrogen and oxygen atoms in total. The molecule has 2 heterocycles. The van der Waals surface area contributed by atoms with Crippen molar-refractivity contribution in [2.24, 2.45) is 0 Å². The highest BCUT2D eigenvalue weighted by Gasteiger charge is 2.16. The van der Waals surface area contributed by atoms with Crippen molar-refractivity contribution in [2.75, 3.05) is 37.6 Å². The molecule has 1 saturated heterocycles. The Morgan fingerprint density at radius 1 is 1.27 bits per heavy atom. The van der Waals surface area contributed by atoms with Gasteiger partial charge in [-0.25, -0.2) is 4.39 Å². The third-order valence-electron chi connectivity index (χ3n) is 2.88. The van der Waals surface area contributed by atoms with Crippen LogP contribution in [0.1, 0.15) is 6.92 Å². The summed E-state index contributed by atoms with van der Waals surface area (Å²) in [5, 5.41) is 0. The first-order chi connectivity index (χ1) is 7.29. The molecule has 1 aromatic heterocycles. The molecule has 2 rings (SSSR count). The van der Waals surface area contributed by atoms with Gasteiger partial charge < -0.3 is 9.80 Å². The van der Waals surface area contributed by atoms with E-state index in [0.29, 0.717) is 0 Å². The monoisotopic (exact) mass is 209 g/mol. The highest BCUT2D eigenvalue weighted by atomic mass is 19.1. The maximum atomic E-state index is 13.0. The fraction of sp³-hybridized carbons (Fsp3) is 0.545.